The van der Waals surface area contributed by atoms with Gasteiger partial charge in [-0.05, 0) is 40.5 Å². The van der Waals surface area contributed by atoms with Crippen molar-refractivity contribution in [2.75, 3.05) is 13.7 Å². The summed E-state index contributed by atoms with van der Waals surface area (Å²) in [6.07, 6.45) is 0. The number of carbonyl (C=O) groups is 1. The van der Waals surface area contributed by atoms with Crippen LogP contribution in [0.4, 0.5) is 0 Å². The van der Waals surface area contributed by atoms with E-state index in [0.717, 1.165) is 5.56 Å². The molecule has 0 aliphatic heterocycles. The lowest BCUT2D eigenvalue weighted by atomic mass is 10.1. The smallest absolute Gasteiger partial charge is 0.251 e. The molecule has 0 aliphatic carbocycles. The number of methoxy groups -OCH3 is 1. The van der Waals surface area contributed by atoms with Crippen LogP contribution in [0, 0.1) is 0 Å². The molecule has 0 aliphatic rings. The van der Waals surface area contributed by atoms with Gasteiger partial charge in [-0.25, -0.2) is 0 Å². The van der Waals surface area contributed by atoms with Crippen LogP contribution in [0.25, 0.3) is 0 Å². The van der Waals surface area contributed by atoms with Gasteiger partial charge in [-0.15, -0.1) is 0 Å². The lowest BCUT2D eigenvalue weighted by Gasteiger charge is -2.13. The van der Waals surface area contributed by atoms with Crippen molar-refractivity contribution in [3.63, 3.8) is 0 Å². The van der Waals surface area contributed by atoms with Gasteiger partial charge in [0, 0.05) is 12.1 Å². The molecule has 116 valence electrons. The van der Waals surface area contributed by atoms with Gasteiger partial charge in [-0.3, -0.25) is 4.79 Å². The van der Waals surface area contributed by atoms with Crippen molar-refractivity contribution in [1.29, 1.82) is 0 Å². The number of hydrogen-bond donors (Lipinski definition) is 1. The van der Waals surface area contributed by atoms with E-state index in [9.17, 15) is 4.79 Å². The summed E-state index contributed by atoms with van der Waals surface area (Å²) < 4.78 is 11.5. The van der Waals surface area contributed by atoms with Crippen molar-refractivity contribution >= 4 is 21.8 Å². The lowest BCUT2D eigenvalue weighted by molar-refractivity contribution is 0.0950. The number of rotatable bonds is 6. The summed E-state index contributed by atoms with van der Waals surface area (Å²) in [5.74, 6) is 0.971. The van der Waals surface area contributed by atoms with Gasteiger partial charge in [0.05, 0.1) is 18.2 Å². The van der Waals surface area contributed by atoms with Gasteiger partial charge >= 0.3 is 0 Å². The summed E-state index contributed by atoms with van der Waals surface area (Å²) in [5, 5.41) is 2.89. The standard InChI is InChI=1S/C17H18BrNO3/c1-3-22-15-10-13(9-14(18)16(15)21-2)17(20)19-11-12-7-5-4-6-8-12/h4-10H,3,11H2,1-2H3,(H,19,20). The number of halogens is 1. The fraction of sp³-hybridized carbons (Fsp3) is 0.235. The van der Waals surface area contributed by atoms with E-state index in [2.05, 4.69) is 21.2 Å². The quantitative estimate of drug-likeness (QED) is 0.849. The minimum atomic E-state index is -0.159. The zero-order chi connectivity index (χ0) is 15.9. The van der Waals surface area contributed by atoms with E-state index < -0.39 is 0 Å². The molecule has 0 bridgehead atoms. The summed E-state index contributed by atoms with van der Waals surface area (Å²) in [7, 11) is 1.57. The van der Waals surface area contributed by atoms with E-state index in [1.54, 1.807) is 19.2 Å². The molecule has 2 aromatic rings. The Bertz CT molecular complexity index is 644. The van der Waals surface area contributed by atoms with Crippen LogP contribution in [-0.4, -0.2) is 19.6 Å². The number of ether oxygens (including phenoxy) is 2. The highest BCUT2D eigenvalue weighted by Crippen LogP contribution is 2.36. The fourth-order valence-electron chi connectivity index (χ4n) is 2.04. The minimum Gasteiger partial charge on any atom is -0.492 e. The Morgan fingerprint density at radius 2 is 1.95 bits per heavy atom. The summed E-state index contributed by atoms with van der Waals surface area (Å²) in [4.78, 5) is 12.3. The van der Waals surface area contributed by atoms with E-state index in [1.165, 1.54) is 0 Å². The molecule has 0 unspecified atom stereocenters. The van der Waals surface area contributed by atoms with Gasteiger partial charge in [0.2, 0.25) is 0 Å². The second-order valence-corrected chi connectivity index (χ2v) is 5.45. The molecule has 4 nitrogen and oxygen atoms in total. The summed E-state index contributed by atoms with van der Waals surface area (Å²) >= 11 is 3.41. The predicted molar refractivity (Wildman–Crippen MR) is 89.5 cm³/mol. The first-order valence-corrected chi connectivity index (χ1v) is 7.77. The molecule has 0 fully saturated rings. The van der Waals surface area contributed by atoms with Gasteiger partial charge in [0.25, 0.3) is 5.91 Å². The summed E-state index contributed by atoms with van der Waals surface area (Å²) in [5.41, 5.74) is 1.57. The van der Waals surface area contributed by atoms with E-state index >= 15 is 0 Å². The molecule has 22 heavy (non-hydrogen) atoms. The monoisotopic (exact) mass is 363 g/mol. The average molecular weight is 364 g/mol. The first kappa shape index (κ1) is 16.4. The van der Waals surface area contributed by atoms with Gasteiger partial charge in [0.1, 0.15) is 0 Å². The number of hydrogen-bond acceptors (Lipinski definition) is 3. The maximum atomic E-state index is 12.3. The van der Waals surface area contributed by atoms with Crippen LogP contribution in [0.5, 0.6) is 11.5 Å². The molecule has 1 N–H and O–H groups in total. The lowest BCUT2D eigenvalue weighted by Crippen LogP contribution is -2.22. The van der Waals surface area contributed by atoms with Crippen LogP contribution < -0.4 is 14.8 Å². The molecular weight excluding hydrogens is 346 g/mol. The zero-order valence-corrected chi connectivity index (χ0v) is 14.1. The largest absolute Gasteiger partial charge is 0.492 e. The fourth-order valence-corrected chi connectivity index (χ4v) is 2.64. The summed E-state index contributed by atoms with van der Waals surface area (Å²) in [6.45, 7) is 2.86. The molecule has 0 radical (unpaired) electrons. The van der Waals surface area contributed by atoms with Crippen LogP contribution in [0.15, 0.2) is 46.9 Å². The van der Waals surface area contributed by atoms with Gasteiger partial charge < -0.3 is 14.8 Å². The normalized spacial score (nSPS) is 10.1. The molecule has 0 aromatic heterocycles. The Morgan fingerprint density at radius 1 is 1.23 bits per heavy atom. The molecule has 0 saturated heterocycles. The van der Waals surface area contributed by atoms with Crippen molar-refractivity contribution in [3.8, 4) is 11.5 Å². The number of benzene rings is 2. The first-order valence-electron chi connectivity index (χ1n) is 6.98. The second-order valence-electron chi connectivity index (χ2n) is 4.59. The molecular formula is C17H18BrNO3. The molecule has 0 atom stereocenters. The van der Waals surface area contributed by atoms with Crippen LogP contribution in [-0.2, 0) is 6.54 Å². The SMILES string of the molecule is CCOc1cc(C(=O)NCc2ccccc2)cc(Br)c1OC. The Hall–Kier alpha value is -2.01. The van der Waals surface area contributed by atoms with Crippen LogP contribution in [0.3, 0.4) is 0 Å². The third kappa shape index (κ3) is 4.01. The Kier molecular flexibility index (Phi) is 5.83. The Morgan fingerprint density at radius 3 is 2.59 bits per heavy atom. The zero-order valence-electron chi connectivity index (χ0n) is 12.6. The maximum absolute atomic E-state index is 12.3. The molecule has 2 rings (SSSR count). The van der Waals surface area contributed by atoms with Crippen molar-refractivity contribution in [3.05, 3.63) is 58.1 Å². The molecule has 0 spiro atoms. The molecule has 0 heterocycles. The van der Waals surface area contributed by atoms with E-state index in [0.29, 0.717) is 34.7 Å². The topological polar surface area (TPSA) is 47.6 Å². The molecule has 0 saturated carbocycles. The third-order valence-electron chi connectivity index (χ3n) is 3.07. The minimum absolute atomic E-state index is 0.159. The van der Waals surface area contributed by atoms with E-state index in [-0.39, 0.29) is 5.91 Å². The molecule has 1 amide bonds. The van der Waals surface area contributed by atoms with Crippen molar-refractivity contribution < 1.29 is 14.3 Å². The summed E-state index contributed by atoms with van der Waals surface area (Å²) in [6, 6.07) is 13.2. The molecule has 5 heteroatoms. The van der Waals surface area contributed by atoms with Gasteiger partial charge in [-0.1, -0.05) is 30.3 Å². The maximum Gasteiger partial charge on any atom is 0.251 e. The van der Waals surface area contributed by atoms with Crippen LogP contribution in [0.2, 0.25) is 0 Å². The highest BCUT2D eigenvalue weighted by atomic mass is 79.9. The van der Waals surface area contributed by atoms with E-state index in [1.807, 2.05) is 37.3 Å². The Balaban J connectivity index is 2.15. The van der Waals surface area contributed by atoms with Crippen molar-refractivity contribution in [2.24, 2.45) is 0 Å². The van der Waals surface area contributed by atoms with Gasteiger partial charge in [0.15, 0.2) is 11.5 Å². The van der Waals surface area contributed by atoms with Crippen molar-refractivity contribution in [1.82, 2.24) is 5.32 Å². The number of amides is 1. The average Bonchev–Trinajstić information content (AvgIpc) is 2.53. The Labute approximate surface area is 138 Å². The molecule has 2 aromatic carbocycles. The number of carbonyl (C=O) groups excluding carboxylic acids is 1. The van der Waals surface area contributed by atoms with Gasteiger partial charge in [-0.2, -0.15) is 0 Å². The second kappa shape index (κ2) is 7.84. The highest BCUT2D eigenvalue weighted by molar-refractivity contribution is 9.10. The highest BCUT2D eigenvalue weighted by Gasteiger charge is 2.15. The van der Waals surface area contributed by atoms with Crippen LogP contribution >= 0.6 is 15.9 Å². The number of nitrogens with one attached hydrogen (secondary N) is 1. The first-order chi connectivity index (χ1) is 10.7. The third-order valence-corrected chi connectivity index (χ3v) is 3.66. The van der Waals surface area contributed by atoms with E-state index in [4.69, 9.17) is 9.47 Å². The van der Waals surface area contributed by atoms with Crippen LogP contribution in [0.1, 0.15) is 22.8 Å². The van der Waals surface area contributed by atoms with Crippen molar-refractivity contribution in [2.45, 2.75) is 13.5 Å². The predicted octanol–water partition coefficient (Wildman–Crippen LogP) is 3.79.